The van der Waals surface area contributed by atoms with Crippen LogP contribution in [0.1, 0.15) is 54.7 Å². The molecule has 1 aliphatic carbocycles. The zero-order valence-electron chi connectivity index (χ0n) is 16.0. The van der Waals surface area contributed by atoms with E-state index in [1.165, 1.54) is 25.8 Å². The largest absolute Gasteiger partial charge is 0.497 e. The molecule has 3 rings (SSSR count). The monoisotopic (exact) mass is 370 g/mol. The van der Waals surface area contributed by atoms with Crippen LogP contribution in [0.3, 0.4) is 0 Å². The lowest BCUT2D eigenvalue weighted by Crippen LogP contribution is -2.24. The third kappa shape index (κ3) is 3.70. The van der Waals surface area contributed by atoms with Gasteiger partial charge in [0.25, 0.3) is 5.91 Å². The Kier molecular flexibility index (Phi) is 5.54. The standard InChI is InChI=1S/C21H26N2O4/c1-13(21(25)26)10-11-22-20(24)19-14(2)23(15-6-4-5-7-15)18-9-8-16(27-3)12-17(18)19/h8-10,12,15H,4-7,11H2,1-3H3,(H,22,24)(H,25,26). The maximum atomic E-state index is 12.9. The van der Waals surface area contributed by atoms with Crippen molar-refractivity contribution in [3.63, 3.8) is 0 Å². The summed E-state index contributed by atoms with van der Waals surface area (Å²) in [7, 11) is 1.61. The second-order valence-corrected chi connectivity index (χ2v) is 7.05. The van der Waals surface area contributed by atoms with Gasteiger partial charge in [0, 0.05) is 34.8 Å². The van der Waals surface area contributed by atoms with E-state index in [2.05, 4.69) is 9.88 Å². The molecule has 1 amide bonds. The van der Waals surface area contributed by atoms with Crippen molar-refractivity contribution in [3.8, 4) is 5.75 Å². The first-order chi connectivity index (χ1) is 12.9. The predicted molar refractivity (Wildman–Crippen MR) is 104 cm³/mol. The molecule has 27 heavy (non-hydrogen) atoms. The summed E-state index contributed by atoms with van der Waals surface area (Å²) in [5.74, 6) is -0.471. The number of aromatic nitrogens is 1. The zero-order chi connectivity index (χ0) is 19.6. The lowest BCUT2D eigenvalue weighted by molar-refractivity contribution is -0.132. The summed E-state index contributed by atoms with van der Waals surface area (Å²) >= 11 is 0. The molecule has 0 spiro atoms. The van der Waals surface area contributed by atoms with Crippen molar-refractivity contribution in [2.45, 2.75) is 45.6 Å². The van der Waals surface area contributed by atoms with Gasteiger partial charge in [-0.15, -0.1) is 0 Å². The number of carbonyl (C=O) groups excluding carboxylic acids is 1. The molecule has 6 heteroatoms. The van der Waals surface area contributed by atoms with E-state index in [1.807, 2.05) is 25.1 Å². The number of benzene rings is 1. The van der Waals surface area contributed by atoms with Crippen molar-refractivity contribution >= 4 is 22.8 Å². The summed E-state index contributed by atoms with van der Waals surface area (Å²) in [5, 5.41) is 12.6. The number of amides is 1. The van der Waals surface area contributed by atoms with Crippen molar-refractivity contribution in [1.82, 2.24) is 9.88 Å². The average Bonchev–Trinajstić information content (AvgIpc) is 3.25. The Morgan fingerprint density at radius 3 is 2.67 bits per heavy atom. The number of rotatable bonds is 6. The number of hydrogen-bond donors (Lipinski definition) is 2. The molecule has 1 saturated carbocycles. The van der Waals surface area contributed by atoms with Gasteiger partial charge in [0.15, 0.2) is 0 Å². The zero-order valence-corrected chi connectivity index (χ0v) is 16.0. The molecule has 0 atom stereocenters. The molecule has 2 N–H and O–H groups in total. The number of carboxylic acid groups (broad SMARTS) is 1. The summed E-state index contributed by atoms with van der Waals surface area (Å²) in [6.45, 7) is 3.67. The van der Waals surface area contributed by atoms with Crippen LogP contribution in [0, 0.1) is 6.92 Å². The summed E-state index contributed by atoms with van der Waals surface area (Å²) in [6.07, 6.45) is 6.17. The Morgan fingerprint density at radius 1 is 1.33 bits per heavy atom. The van der Waals surface area contributed by atoms with Crippen LogP contribution in [0.4, 0.5) is 0 Å². The fraction of sp³-hybridized carbons (Fsp3) is 0.429. The van der Waals surface area contributed by atoms with Gasteiger partial charge in [0.2, 0.25) is 0 Å². The van der Waals surface area contributed by atoms with E-state index < -0.39 is 5.97 Å². The number of hydrogen-bond acceptors (Lipinski definition) is 3. The van der Waals surface area contributed by atoms with Crippen LogP contribution in [0.15, 0.2) is 29.8 Å². The van der Waals surface area contributed by atoms with Crippen molar-refractivity contribution in [2.24, 2.45) is 0 Å². The second-order valence-electron chi connectivity index (χ2n) is 7.05. The minimum absolute atomic E-state index is 0.177. The van der Waals surface area contributed by atoms with Crippen LogP contribution in [-0.4, -0.2) is 35.2 Å². The SMILES string of the molecule is COc1ccc2c(c1)c(C(=O)NCC=C(C)C(=O)O)c(C)n2C1CCCC1. The molecular weight excluding hydrogens is 344 g/mol. The van der Waals surface area contributed by atoms with E-state index >= 15 is 0 Å². The molecule has 1 fully saturated rings. The summed E-state index contributed by atoms with van der Waals surface area (Å²) in [5.41, 5.74) is 2.84. The molecule has 6 nitrogen and oxygen atoms in total. The maximum absolute atomic E-state index is 12.9. The molecule has 144 valence electrons. The van der Waals surface area contributed by atoms with Crippen LogP contribution in [-0.2, 0) is 4.79 Å². The quantitative estimate of drug-likeness (QED) is 0.757. The Balaban J connectivity index is 2.00. The van der Waals surface area contributed by atoms with Crippen LogP contribution in [0.25, 0.3) is 10.9 Å². The van der Waals surface area contributed by atoms with Crippen molar-refractivity contribution in [2.75, 3.05) is 13.7 Å². The summed E-state index contributed by atoms with van der Waals surface area (Å²) in [4.78, 5) is 23.8. The van der Waals surface area contributed by atoms with Gasteiger partial charge < -0.3 is 19.7 Å². The van der Waals surface area contributed by atoms with Gasteiger partial charge in [-0.2, -0.15) is 0 Å². The predicted octanol–water partition coefficient (Wildman–Crippen LogP) is 3.83. The van der Waals surface area contributed by atoms with Gasteiger partial charge in [-0.05, 0) is 44.9 Å². The number of carboxylic acids is 1. The normalized spacial score (nSPS) is 15.3. The van der Waals surface area contributed by atoms with Gasteiger partial charge in [-0.1, -0.05) is 18.9 Å². The van der Waals surface area contributed by atoms with Gasteiger partial charge in [-0.25, -0.2) is 4.79 Å². The number of fused-ring (bicyclic) bond motifs is 1. The molecule has 1 heterocycles. The first-order valence-electron chi connectivity index (χ1n) is 9.30. The molecular formula is C21H26N2O4. The maximum Gasteiger partial charge on any atom is 0.331 e. The Morgan fingerprint density at radius 2 is 2.04 bits per heavy atom. The van der Waals surface area contributed by atoms with Gasteiger partial charge >= 0.3 is 5.97 Å². The number of nitrogens with one attached hydrogen (secondary N) is 1. The highest BCUT2D eigenvalue weighted by molar-refractivity contribution is 6.09. The molecule has 0 saturated heterocycles. The Hall–Kier alpha value is -2.76. The van der Waals surface area contributed by atoms with Crippen molar-refractivity contribution in [1.29, 1.82) is 0 Å². The van der Waals surface area contributed by atoms with Gasteiger partial charge in [0.05, 0.1) is 12.7 Å². The topological polar surface area (TPSA) is 80.6 Å². The second kappa shape index (κ2) is 7.86. The number of ether oxygens (including phenoxy) is 1. The van der Waals surface area contributed by atoms with E-state index in [4.69, 9.17) is 9.84 Å². The molecule has 1 aromatic carbocycles. The van der Waals surface area contributed by atoms with Crippen molar-refractivity contribution < 1.29 is 19.4 Å². The molecule has 0 bridgehead atoms. The number of nitrogens with zero attached hydrogens (tertiary/aromatic N) is 1. The Labute approximate surface area is 158 Å². The van der Waals surface area contributed by atoms with Gasteiger partial charge in [-0.3, -0.25) is 4.79 Å². The fourth-order valence-corrected chi connectivity index (χ4v) is 3.94. The Bertz CT molecular complexity index is 905. The molecule has 1 aliphatic rings. The highest BCUT2D eigenvalue weighted by atomic mass is 16.5. The molecule has 1 aromatic heterocycles. The fourth-order valence-electron chi connectivity index (χ4n) is 3.94. The van der Waals surface area contributed by atoms with Crippen LogP contribution >= 0.6 is 0 Å². The third-order valence-corrected chi connectivity index (χ3v) is 5.38. The van der Waals surface area contributed by atoms with Crippen LogP contribution in [0.2, 0.25) is 0 Å². The molecule has 2 aromatic rings. The molecule has 0 unspecified atom stereocenters. The highest BCUT2D eigenvalue weighted by Crippen LogP contribution is 2.38. The average molecular weight is 370 g/mol. The van der Waals surface area contributed by atoms with E-state index in [9.17, 15) is 9.59 Å². The van der Waals surface area contributed by atoms with Gasteiger partial charge in [0.1, 0.15) is 5.75 Å². The first-order valence-corrected chi connectivity index (χ1v) is 9.30. The van der Waals surface area contributed by atoms with Crippen LogP contribution < -0.4 is 10.1 Å². The van der Waals surface area contributed by atoms with Crippen molar-refractivity contribution in [3.05, 3.63) is 41.1 Å². The molecule has 0 radical (unpaired) electrons. The summed E-state index contributed by atoms with van der Waals surface area (Å²) in [6, 6.07) is 6.26. The smallest absolute Gasteiger partial charge is 0.331 e. The number of aliphatic carboxylic acids is 1. The minimum Gasteiger partial charge on any atom is -0.497 e. The number of methoxy groups -OCH3 is 1. The lowest BCUT2D eigenvalue weighted by Gasteiger charge is -2.16. The lowest BCUT2D eigenvalue weighted by atomic mass is 10.1. The molecule has 0 aliphatic heterocycles. The highest BCUT2D eigenvalue weighted by Gasteiger charge is 2.26. The van der Waals surface area contributed by atoms with E-state index in [0.29, 0.717) is 17.4 Å². The van der Waals surface area contributed by atoms with Crippen LogP contribution in [0.5, 0.6) is 5.75 Å². The minimum atomic E-state index is -0.983. The summed E-state index contributed by atoms with van der Waals surface area (Å²) < 4.78 is 7.64. The first kappa shape index (κ1) is 19.0. The third-order valence-electron chi connectivity index (χ3n) is 5.38. The van der Waals surface area contributed by atoms with E-state index in [1.54, 1.807) is 7.11 Å². The van der Waals surface area contributed by atoms with E-state index in [-0.39, 0.29) is 18.0 Å². The number of carbonyl (C=O) groups is 2. The van der Waals surface area contributed by atoms with E-state index in [0.717, 1.165) is 29.4 Å².